The van der Waals surface area contributed by atoms with Crippen LogP contribution in [0.4, 0.5) is 0 Å². The fraction of sp³-hybridized carbons (Fsp3) is 0.250. The number of aromatic nitrogens is 1. The van der Waals surface area contributed by atoms with Gasteiger partial charge in [0.2, 0.25) is 0 Å². The van der Waals surface area contributed by atoms with E-state index in [4.69, 9.17) is 5.11 Å². The number of fused-ring (bicyclic) bond motifs is 2. The number of rotatable bonds is 4. The van der Waals surface area contributed by atoms with Crippen molar-refractivity contribution < 1.29 is 9.90 Å². The van der Waals surface area contributed by atoms with Crippen LogP contribution < -0.4 is 5.32 Å². The first-order valence-electron chi connectivity index (χ1n) is 8.36. The summed E-state index contributed by atoms with van der Waals surface area (Å²) in [5.41, 5.74) is 5.21. The second kappa shape index (κ2) is 6.13. The highest BCUT2D eigenvalue weighted by Gasteiger charge is 2.21. The molecule has 2 aromatic carbocycles. The zero-order valence-corrected chi connectivity index (χ0v) is 13.4. The van der Waals surface area contributed by atoms with E-state index in [1.807, 2.05) is 18.3 Å². The van der Waals surface area contributed by atoms with Crippen LogP contribution in [0.3, 0.4) is 0 Å². The summed E-state index contributed by atoms with van der Waals surface area (Å²) < 4.78 is 0. The first-order valence-corrected chi connectivity index (χ1v) is 8.36. The monoisotopic (exact) mass is 320 g/mol. The molecular formula is C20H20N2O2. The molecule has 4 nitrogen and oxygen atoms in total. The van der Waals surface area contributed by atoms with Crippen molar-refractivity contribution in [2.45, 2.75) is 31.8 Å². The molecule has 1 atom stereocenters. The Morgan fingerprint density at radius 1 is 1.21 bits per heavy atom. The number of H-pyrrole nitrogens is 1. The summed E-state index contributed by atoms with van der Waals surface area (Å²) in [5, 5.41) is 14.0. The number of benzene rings is 2. The summed E-state index contributed by atoms with van der Waals surface area (Å²) in [5.74, 6) is -0.854. The molecular weight excluding hydrogens is 300 g/mol. The smallest absolute Gasteiger partial charge is 0.335 e. The molecule has 1 aliphatic carbocycles. The van der Waals surface area contributed by atoms with E-state index in [2.05, 4.69) is 34.6 Å². The molecule has 0 saturated heterocycles. The second-order valence-electron chi connectivity index (χ2n) is 6.44. The number of hydrogen-bond acceptors (Lipinski definition) is 2. The molecule has 4 rings (SSSR count). The number of nitrogens with one attached hydrogen (secondary N) is 2. The Kier molecular flexibility index (Phi) is 3.82. The number of aryl methyl sites for hydroxylation is 1. The molecule has 0 bridgehead atoms. The number of aromatic amines is 1. The lowest BCUT2D eigenvalue weighted by Crippen LogP contribution is -2.25. The average molecular weight is 320 g/mol. The molecule has 4 heteroatoms. The van der Waals surface area contributed by atoms with Crippen LogP contribution in [0.2, 0.25) is 0 Å². The van der Waals surface area contributed by atoms with Crippen molar-refractivity contribution in [2.24, 2.45) is 0 Å². The molecule has 24 heavy (non-hydrogen) atoms. The second-order valence-corrected chi connectivity index (χ2v) is 6.44. The minimum Gasteiger partial charge on any atom is -0.478 e. The van der Waals surface area contributed by atoms with Gasteiger partial charge in [-0.05, 0) is 71.7 Å². The van der Waals surface area contributed by atoms with Crippen LogP contribution in [-0.4, -0.2) is 16.1 Å². The zero-order chi connectivity index (χ0) is 16.5. The topological polar surface area (TPSA) is 65.1 Å². The van der Waals surface area contributed by atoms with Gasteiger partial charge in [-0.25, -0.2) is 4.79 Å². The molecule has 0 saturated carbocycles. The van der Waals surface area contributed by atoms with Crippen LogP contribution in [0.25, 0.3) is 10.9 Å². The molecule has 0 fully saturated rings. The number of carbonyl (C=O) groups is 1. The van der Waals surface area contributed by atoms with E-state index in [9.17, 15) is 4.79 Å². The van der Waals surface area contributed by atoms with Gasteiger partial charge in [0.25, 0.3) is 0 Å². The number of carboxylic acid groups (broad SMARTS) is 1. The minimum absolute atomic E-state index is 0.290. The van der Waals surface area contributed by atoms with Gasteiger partial charge >= 0.3 is 5.97 Å². The highest BCUT2D eigenvalue weighted by atomic mass is 16.4. The Balaban J connectivity index is 1.52. The van der Waals surface area contributed by atoms with Gasteiger partial charge in [-0.15, -0.1) is 0 Å². The predicted octanol–water partition coefficient (Wildman–Crippen LogP) is 4.03. The zero-order valence-electron chi connectivity index (χ0n) is 13.4. The van der Waals surface area contributed by atoms with E-state index in [0.29, 0.717) is 11.6 Å². The van der Waals surface area contributed by atoms with Crippen molar-refractivity contribution in [3.8, 4) is 0 Å². The van der Waals surface area contributed by atoms with Crippen molar-refractivity contribution >= 4 is 16.9 Å². The van der Waals surface area contributed by atoms with Gasteiger partial charge < -0.3 is 15.4 Å². The standard InChI is InChI=1S/C20H20N2O2/c23-20(24)16-5-6-17-14(11-16)2-1-3-19(17)22-12-13-4-7-18-15(10-13)8-9-21-18/h4-11,19,21-22H,1-3,12H2,(H,23,24). The van der Waals surface area contributed by atoms with Crippen molar-refractivity contribution in [1.82, 2.24) is 10.3 Å². The van der Waals surface area contributed by atoms with E-state index in [0.717, 1.165) is 31.3 Å². The van der Waals surface area contributed by atoms with Crippen molar-refractivity contribution in [1.29, 1.82) is 0 Å². The van der Waals surface area contributed by atoms with Crippen LogP contribution in [-0.2, 0) is 13.0 Å². The van der Waals surface area contributed by atoms with Crippen molar-refractivity contribution in [3.05, 3.63) is 70.9 Å². The van der Waals surface area contributed by atoms with Crippen LogP contribution >= 0.6 is 0 Å². The molecule has 0 aliphatic heterocycles. The van der Waals surface area contributed by atoms with Gasteiger partial charge in [0.05, 0.1) is 5.56 Å². The Morgan fingerprint density at radius 3 is 3.00 bits per heavy atom. The van der Waals surface area contributed by atoms with Crippen LogP contribution in [0.15, 0.2) is 48.7 Å². The van der Waals surface area contributed by atoms with E-state index >= 15 is 0 Å². The number of hydrogen-bond donors (Lipinski definition) is 3. The summed E-state index contributed by atoms with van der Waals surface area (Å²) in [4.78, 5) is 14.4. The molecule has 1 unspecified atom stereocenters. The minimum atomic E-state index is -0.854. The third-order valence-corrected chi connectivity index (χ3v) is 4.87. The largest absolute Gasteiger partial charge is 0.478 e. The third kappa shape index (κ3) is 2.81. The van der Waals surface area contributed by atoms with Gasteiger partial charge in [-0.1, -0.05) is 12.1 Å². The van der Waals surface area contributed by atoms with Gasteiger partial charge in [0, 0.05) is 24.3 Å². The Morgan fingerprint density at radius 2 is 2.12 bits per heavy atom. The molecule has 1 heterocycles. The molecule has 3 N–H and O–H groups in total. The van der Waals surface area contributed by atoms with Gasteiger partial charge in [0.1, 0.15) is 0 Å². The van der Waals surface area contributed by atoms with E-state index in [1.165, 1.54) is 22.1 Å². The third-order valence-electron chi connectivity index (χ3n) is 4.87. The molecule has 0 amide bonds. The molecule has 3 aromatic rings. The number of aromatic carboxylic acids is 1. The first-order chi connectivity index (χ1) is 11.7. The summed E-state index contributed by atoms with van der Waals surface area (Å²) in [6, 6.07) is 14.4. The van der Waals surface area contributed by atoms with E-state index < -0.39 is 5.97 Å². The number of carboxylic acids is 1. The fourth-order valence-electron chi connectivity index (χ4n) is 3.61. The fourth-order valence-corrected chi connectivity index (χ4v) is 3.61. The van der Waals surface area contributed by atoms with Crippen LogP contribution in [0.1, 0.15) is 45.9 Å². The maximum Gasteiger partial charge on any atom is 0.335 e. The lowest BCUT2D eigenvalue weighted by molar-refractivity contribution is 0.0696. The summed E-state index contributed by atoms with van der Waals surface area (Å²) in [6.45, 7) is 0.811. The first kappa shape index (κ1) is 15.0. The summed E-state index contributed by atoms with van der Waals surface area (Å²) in [6.07, 6.45) is 5.10. The van der Waals surface area contributed by atoms with E-state index in [-0.39, 0.29) is 0 Å². The predicted molar refractivity (Wildman–Crippen MR) is 94.2 cm³/mol. The maximum absolute atomic E-state index is 11.1. The van der Waals surface area contributed by atoms with Gasteiger partial charge in [-0.2, -0.15) is 0 Å². The molecule has 0 radical (unpaired) electrons. The average Bonchev–Trinajstić information content (AvgIpc) is 3.07. The Hall–Kier alpha value is -2.59. The molecule has 1 aromatic heterocycles. The Bertz CT molecular complexity index is 898. The normalized spacial score (nSPS) is 16.9. The molecule has 122 valence electrons. The van der Waals surface area contributed by atoms with Crippen molar-refractivity contribution in [3.63, 3.8) is 0 Å². The summed E-state index contributed by atoms with van der Waals surface area (Å²) in [7, 11) is 0. The highest BCUT2D eigenvalue weighted by Crippen LogP contribution is 2.30. The van der Waals surface area contributed by atoms with Gasteiger partial charge in [0.15, 0.2) is 0 Å². The lowest BCUT2D eigenvalue weighted by atomic mass is 9.86. The van der Waals surface area contributed by atoms with E-state index in [1.54, 1.807) is 6.07 Å². The highest BCUT2D eigenvalue weighted by molar-refractivity contribution is 5.88. The maximum atomic E-state index is 11.1. The van der Waals surface area contributed by atoms with Gasteiger partial charge in [-0.3, -0.25) is 0 Å². The SMILES string of the molecule is O=C(O)c1ccc2c(c1)CCCC2NCc1ccc2[nH]ccc2c1. The quantitative estimate of drug-likeness (QED) is 0.680. The van der Waals surface area contributed by atoms with Crippen LogP contribution in [0, 0.1) is 0 Å². The molecule has 1 aliphatic rings. The molecule has 0 spiro atoms. The lowest BCUT2D eigenvalue weighted by Gasteiger charge is -2.27. The summed E-state index contributed by atoms with van der Waals surface area (Å²) >= 11 is 0. The van der Waals surface area contributed by atoms with Crippen molar-refractivity contribution in [2.75, 3.05) is 0 Å². The van der Waals surface area contributed by atoms with Crippen LogP contribution in [0.5, 0.6) is 0 Å². The Labute approximate surface area is 140 Å².